The van der Waals surface area contributed by atoms with Crippen molar-refractivity contribution < 1.29 is 14.7 Å². The molecule has 1 amide bonds. The van der Waals surface area contributed by atoms with E-state index in [0.717, 1.165) is 22.9 Å². The van der Waals surface area contributed by atoms with E-state index in [1.807, 2.05) is 24.4 Å². The van der Waals surface area contributed by atoms with Crippen molar-refractivity contribution >= 4 is 34.4 Å². The zero-order valence-electron chi connectivity index (χ0n) is 12.0. The van der Waals surface area contributed by atoms with E-state index in [-0.39, 0.29) is 5.91 Å². The maximum absolute atomic E-state index is 12.1. The first-order valence-corrected chi connectivity index (χ1v) is 7.68. The molecule has 5 nitrogen and oxygen atoms in total. The van der Waals surface area contributed by atoms with Gasteiger partial charge in [-0.3, -0.25) is 9.59 Å². The lowest BCUT2D eigenvalue weighted by Crippen LogP contribution is -2.51. The number of rotatable bonds is 5. The molecule has 0 saturated heterocycles. The number of halogens is 1. The van der Waals surface area contributed by atoms with Crippen molar-refractivity contribution in [3.8, 4) is 0 Å². The molecule has 0 radical (unpaired) electrons. The van der Waals surface area contributed by atoms with E-state index in [9.17, 15) is 14.7 Å². The quantitative estimate of drug-likeness (QED) is 0.741. The summed E-state index contributed by atoms with van der Waals surface area (Å²) in [5.74, 6) is -1.39. The van der Waals surface area contributed by atoms with Gasteiger partial charge in [0.15, 0.2) is 0 Å². The molecular weight excluding hydrogens is 304 g/mol. The van der Waals surface area contributed by atoms with Crippen LogP contribution in [0.2, 0.25) is 5.02 Å². The SMILES string of the molecule is O=C(O)C1(C(=O)NCCc2c[nH]c3ccc(Cl)cc23)CCC1. The van der Waals surface area contributed by atoms with Crippen molar-refractivity contribution in [3.63, 3.8) is 0 Å². The van der Waals surface area contributed by atoms with E-state index >= 15 is 0 Å². The van der Waals surface area contributed by atoms with Crippen LogP contribution in [0.1, 0.15) is 24.8 Å². The number of aromatic nitrogens is 1. The molecule has 22 heavy (non-hydrogen) atoms. The summed E-state index contributed by atoms with van der Waals surface area (Å²) in [6.07, 6.45) is 4.17. The van der Waals surface area contributed by atoms with Crippen LogP contribution in [0.3, 0.4) is 0 Å². The zero-order chi connectivity index (χ0) is 15.7. The molecule has 1 heterocycles. The summed E-state index contributed by atoms with van der Waals surface area (Å²) in [5.41, 5.74) is 0.839. The third-order valence-corrected chi connectivity index (χ3v) is 4.70. The highest BCUT2D eigenvalue weighted by atomic mass is 35.5. The summed E-state index contributed by atoms with van der Waals surface area (Å²) in [6, 6.07) is 5.61. The number of benzene rings is 1. The molecular formula is C16H17ClN2O3. The van der Waals surface area contributed by atoms with Gasteiger partial charge in [-0.2, -0.15) is 0 Å². The molecule has 1 aliphatic rings. The molecule has 1 aromatic heterocycles. The standard InChI is InChI=1S/C16H17ClN2O3/c17-11-2-3-13-12(8-11)10(9-19-13)4-7-18-14(20)16(15(21)22)5-1-6-16/h2-3,8-9,19H,1,4-7H2,(H,18,20)(H,21,22). The second-order valence-corrected chi connectivity index (χ2v) is 6.19. The van der Waals surface area contributed by atoms with E-state index in [1.54, 1.807) is 0 Å². The number of nitrogens with one attached hydrogen (secondary N) is 2. The molecule has 3 N–H and O–H groups in total. The number of hydrogen-bond acceptors (Lipinski definition) is 2. The summed E-state index contributed by atoms with van der Waals surface area (Å²) in [7, 11) is 0. The fourth-order valence-electron chi connectivity index (χ4n) is 2.91. The minimum absolute atomic E-state index is 0.371. The van der Waals surface area contributed by atoms with Gasteiger partial charge in [-0.05, 0) is 43.0 Å². The maximum Gasteiger partial charge on any atom is 0.319 e. The third kappa shape index (κ3) is 2.46. The number of carbonyl (C=O) groups excluding carboxylic acids is 1. The normalized spacial score (nSPS) is 16.2. The monoisotopic (exact) mass is 320 g/mol. The van der Waals surface area contributed by atoms with E-state index < -0.39 is 11.4 Å². The number of carbonyl (C=O) groups is 2. The summed E-state index contributed by atoms with van der Waals surface area (Å²) in [4.78, 5) is 26.5. The lowest BCUT2D eigenvalue weighted by atomic mass is 9.68. The van der Waals surface area contributed by atoms with Gasteiger partial charge >= 0.3 is 5.97 Å². The van der Waals surface area contributed by atoms with Gasteiger partial charge in [-0.25, -0.2) is 0 Å². The Bertz CT molecular complexity index is 734. The van der Waals surface area contributed by atoms with Crippen LogP contribution in [0.5, 0.6) is 0 Å². The first-order valence-electron chi connectivity index (χ1n) is 7.30. The Morgan fingerprint density at radius 1 is 1.36 bits per heavy atom. The van der Waals surface area contributed by atoms with Crippen molar-refractivity contribution in [1.29, 1.82) is 0 Å². The van der Waals surface area contributed by atoms with Gasteiger partial charge in [0.05, 0.1) is 0 Å². The first-order chi connectivity index (χ1) is 10.5. The second kappa shape index (κ2) is 5.65. The Balaban J connectivity index is 1.64. The van der Waals surface area contributed by atoms with E-state index in [0.29, 0.717) is 30.8 Å². The smallest absolute Gasteiger partial charge is 0.319 e. The van der Waals surface area contributed by atoms with Crippen LogP contribution >= 0.6 is 11.6 Å². The predicted molar refractivity (Wildman–Crippen MR) is 83.9 cm³/mol. The summed E-state index contributed by atoms with van der Waals surface area (Å²) >= 11 is 6.00. The van der Waals surface area contributed by atoms with Gasteiger partial charge in [0.1, 0.15) is 5.41 Å². The topological polar surface area (TPSA) is 82.2 Å². The van der Waals surface area contributed by atoms with Crippen molar-refractivity contribution in [2.45, 2.75) is 25.7 Å². The van der Waals surface area contributed by atoms with E-state index in [2.05, 4.69) is 10.3 Å². The van der Waals surface area contributed by atoms with Gasteiger partial charge in [0, 0.05) is 28.7 Å². The highest BCUT2D eigenvalue weighted by molar-refractivity contribution is 6.31. The molecule has 0 spiro atoms. The molecule has 1 fully saturated rings. The summed E-state index contributed by atoms with van der Waals surface area (Å²) in [6.45, 7) is 0.410. The average Bonchev–Trinajstić information content (AvgIpc) is 2.79. The molecule has 0 atom stereocenters. The van der Waals surface area contributed by atoms with E-state index in [1.165, 1.54) is 0 Å². The Morgan fingerprint density at radius 3 is 2.77 bits per heavy atom. The van der Waals surface area contributed by atoms with Crippen LogP contribution in [0, 0.1) is 5.41 Å². The Labute approximate surface area is 132 Å². The summed E-state index contributed by atoms with van der Waals surface area (Å²) in [5, 5.41) is 13.7. The predicted octanol–water partition coefficient (Wildman–Crippen LogP) is 2.73. The first kappa shape index (κ1) is 14.9. The fraction of sp³-hybridized carbons (Fsp3) is 0.375. The van der Waals surface area contributed by atoms with Gasteiger partial charge in [-0.15, -0.1) is 0 Å². The number of H-pyrrole nitrogens is 1. The van der Waals surface area contributed by atoms with Crippen LogP contribution < -0.4 is 5.32 Å². The lowest BCUT2D eigenvalue weighted by molar-refractivity contribution is -0.162. The number of amides is 1. The Kier molecular flexibility index (Phi) is 3.83. The van der Waals surface area contributed by atoms with Crippen LogP contribution in [0.4, 0.5) is 0 Å². The fourth-order valence-corrected chi connectivity index (χ4v) is 3.08. The highest BCUT2D eigenvalue weighted by Crippen LogP contribution is 2.41. The lowest BCUT2D eigenvalue weighted by Gasteiger charge is -2.35. The number of fused-ring (bicyclic) bond motifs is 1. The number of aromatic amines is 1. The van der Waals surface area contributed by atoms with Gasteiger partial charge in [0.25, 0.3) is 0 Å². The molecule has 0 unspecified atom stereocenters. The van der Waals surface area contributed by atoms with E-state index in [4.69, 9.17) is 11.6 Å². The van der Waals surface area contributed by atoms with Crippen molar-refractivity contribution in [3.05, 3.63) is 35.0 Å². The molecule has 2 aromatic rings. The largest absolute Gasteiger partial charge is 0.480 e. The minimum Gasteiger partial charge on any atom is -0.480 e. The number of carboxylic acids is 1. The van der Waals surface area contributed by atoms with Crippen molar-refractivity contribution in [2.75, 3.05) is 6.54 Å². The zero-order valence-corrected chi connectivity index (χ0v) is 12.7. The van der Waals surface area contributed by atoms with Crippen molar-refractivity contribution in [1.82, 2.24) is 10.3 Å². The molecule has 0 aliphatic heterocycles. The van der Waals surface area contributed by atoms with Crippen LogP contribution in [-0.2, 0) is 16.0 Å². The average molecular weight is 321 g/mol. The maximum atomic E-state index is 12.1. The molecule has 0 bridgehead atoms. The van der Waals surface area contributed by atoms with Crippen molar-refractivity contribution in [2.24, 2.45) is 5.41 Å². The Morgan fingerprint density at radius 2 is 2.14 bits per heavy atom. The Hall–Kier alpha value is -2.01. The van der Waals surface area contributed by atoms with Crippen LogP contribution in [-0.4, -0.2) is 28.5 Å². The molecule has 1 aromatic carbocycles. The summed E-state index contributed by atoms with van der Waals surface area (Å²) < 4.78 is 0. The molecule has 3 rings (SSSR count). The van der Waals surface area contributed by atoms with Gasteiger partial charge < -0.3 is 15.4 Å². The molecule has 6 heteroatoms. The number of aliphatic carboxylic acids is 1. The van der Waals surface area contributed by atoms with Crippen LogP contribution in [0.25, 0.3) is 10.9 Å². The second-order valence-electron chi connectivity index (χ2n) is 5.75. The molecule has 1 aliphatic carbocycles. The minimum atomic E-state index is -1.20. The third-order valence-electron chi connectivity index (χ3n) is 4.46. The molecule has 1 saturated carbocycles. The van der Waals surface area contributed by atoms with Gasteiger partial charge in [-0.1, -0.05) is 18.0 Å². The highest BCUT2D eigenvalue weighted by Gasteiger charge is 2.50. The number of carboxylic acid groups (broad SMARTS) is 1. The van der Waals surface area contributed by atoms with Crippen LogP contribution in [0.15, 0.2) is 24.4 Å². The van der Waals surface area contributed by atoms with Gasteiger partial charge in [0.2, 0.25) is 5.91 Å². The number of hydrogen-bond donors (Lipinski definition) is 3. The molecule has 116 valence electrons.